The van der Waals surface area contributed by atoms with Gasteiger partial charge in [-0.2, -0.15) is 13.2 Å². The Morgan fingerprint density at radius 3 is 2.46 bits per heavy atom. The highest BCUT2D eigenvalue weighted by Gasteiger charge is 2.33. The van der Waals surface area contributed by atoms with Gasteiger partial charge in [0.15, 0.2) is 5.52 Å². The molecule has 0 saturated heterocycles. The smallest absolute Gasteiger partial charge is 0.333 e. The second-order valence-electron chi connectivity index (χ2n) is 6.97. The number of hydrogen-bond donors (Lipinski definition) is 0. The van der Waals surface area contributed by atoms with Crippen LogP contribution in [0.25, 0.3) is 27.8 Å². The molecule has 3 heterocycles. The average molecular weight is 386 g/mol. The van der Waals surface area contributed by atoms with Gasteiger partial charge in [-0.15, -0.1) is 0 Å². The second kappa shape index (κ2) is 6.19. The van der Waals surface area contributed by atoms with Crippen LogP contribution in [0.1, 0.15) is 31.0 Å². The highest BCUT2D eigenvalue weighted by Crippen LogP contribution is 2.32. The molecule has 0 aliphatic carbocycles. The maximum Gasteiger partial charge on any atom is 0.433 e. The summed E-state index contributed by atoms with van der Waals surface area (Å²) < 4.78 is 42.8. The summed E-state index contributed by atoms with van der Waals surface area (Å²) >= 11 is 0. The molecule has 144 valence electrons. The first-order chi connectivity index (χ1) is 13.2. The minimum absolute atomic E-state index is 0.0379. The van der Waals surface area contributed by atoms with Gasteiger partial charge in [-0.3, -0.25) is 9.36 Å². The van der Waals surface area contributed by atoms with Crippen molar-refractivity contribution in [2.75, 3.05) is 0 Å². The zero-order valence-electron chi connectivity index (χ0n) is 15.4. The quantitative estimate of drug-likeness (QED) is 0.513. The molecule has 0 fully saturated rings. The Bertz CT molecular complexity index is 1270. The maximum atomic E-state index is 13.3. The molecule has 0 bridgehead atoms. The highest BCUT2D eigenvalue weighted by atomic mass is 19.4. The first-order valence-electron chi connectivity index (χ1n) is 8.73. The lowest BCUT2D eigenvalue weighted by Crippen LogP contribution is -2.23. The van der Waals surface area contributed by atoms with E-state index in [1.54, 1.807) is 23.7 Å². The van der Waals surface area contributed by atoms with Crippen molar-refractivity contribution in [2.24, 2.45) is 7.05 Å². The fraction of sp³-hybridized carbons (Fsp3) is 0.250. The molecule has 5 nitrogen and oxygen atoms in total. The zero-order valence-corrected chi connectivity index (χ0v) is 15.4. The van der Waals surface area contributed by atoms with Crippen LogP contribution in [-0.4, -0.2) is 19.1 Å². The summed E-state index contributed by atoms with van der Waals surface area (Å²) in [4.78, 5) is 21.3. The minimum atomic E-state index is -4.62. The number of fused-ring (bicyclic) bond motifs is 3. The van der Waals surface area contributed by atoms with E-state index in [0.29, 0.717) is 16.6 Å². The molecule has 3 aromatic heterocycles. The molecule has 0 saturated carbocycles. The van der Waals surface area contributed by atoms with Crippen molar-refractivity contribution >= 4 is 22.1 Å². The van der Waals surface area contributed by atoms with E-state index in [4.69, 9.17) is 0 Å². The zero-order chi connectivity index (χ0) is 20.2. The van der Waals surface area contributed by atoms with Gasteiger partial charge >= 0.3 is 6.18 Å². The number of para-hydroxylation sites is 1. The van der Waals surface area contributed by atoms with Crippen LogP contribution < -0.4 is 5.56 Å². The van der Waals surface area contributed by atoms with Crippen molar-refractivity contribution in [1.82, 2.24) is 19.1 Å². The highest BCUT2D eigenvalue weighted by molar-refractivity contribution is 6.01. The molecule has 0 spiro atoms. The van der Waals surface area contributed by atoms with Crippen LogP contribution >= 0.6 is 0 Å². The Balaban J connectivity index is 2.24. The Labute approximate surface area is 158 Å². The lowest BCUT2D eigenvalue weighted by molar-refractivity contribution is -0.141. The molecule has 0 unspecified atom stereocenters. The Morgan fingerprint density at radius 1 is 1.07 bits per heavy atom. The first kappa shape index (κ1) is 18.2. The third-order valence-corrected chi connectivity index (χ3v) is 4.77. The summed E-state index contributed by atoms with van der Waals surface area (Å²) in [5.41, 5.74) is 0.408. The number of hydrogen-bond acceptors (Lipinski definition) is 3. The van der Waals surface area contributed by atoms with Crippen LogP contribution in [0, 0.1) is 0 Å². The lowest BCUT2D eigenvalue weighted by atomic mass is 10.0. The fourth-order valence-electron chi connectivity index (χ4n) is 3.47. The van der Waals surface area contributed by atoms with Crippen molar-refractivity contribution < 1.29 is 13.2 Å². The molecule has 8 heteroatoms. The number of alkyl halides is 3. The molecule has 1 aromatic carbocycles. The minimum Gasteiger partial charge on any atom is -0.333 e. The molecule has 4 rings (SSSR count). The van der Waals surface area contributed by atoms with Crippen LogP contribution in [0.4, 0.5) is 13.2 Å². The fourth-order valence-corrected chi connectivity index (χ4v) is 3.47. The number of nitrogens with zero attached hydrogens (tertiary/aromatic N) is 4. The average Bonchev–Trinajstić information content (AvgIpc) is 3.03. The van der Waals surface area contributed by atoms with Crippen molar-refractivity contribution in [1.29, 1.82) is 0 Å². The third-order valence-electron chi connectivity index (χ3n) is 4.77. The van der Waals surface area contributed by atoms with Gasteiger partial charge in [-0.1, -0.05) is 32.0 Å². The second-order valence-corrected chi connectivity index (χ2v) is 6.97. The van der Waals surface area contributed by atoms with Crippen LogP contribution in [0.2, 0.25) is 0 Å². The molecule has 0 aliphatic rings. The SMILES string of the molecule is CC(C)c1ccccc1-n1c(=O)c2ncn(C)c2c2ccc(C(F)(F)F)nc21. The van der Waals surface area contributed by atoms with E-state index in [1.165, 1.54) is 17.0 Å². The lowest BCUT2D eigenvalue weighted by Gasteiger charge is -2.17. The van der Waals surface area contributed by atoms with E-state index in [-0.39, 0.29) is 17.1 Å². The van der Waals surface area contributed by atoms with Crippen molar-refractivity contribution in [2.45, 2.75) is 25.9 Å². The molecule has 0 atom stereocenters. The molecular weight excluding hydrogens is 369 g/mol. The van der Waals surface area contributed by atoms with Gasteiger partial charge in [0, 0.05) is 12.4 Å². The van der Waals surface area contributed by atoms with E-state index in [0.717, 1.165) is 11.6 Å². The Kier molecular flexibility index (Phi) is 4.02. The summed E-state index contributed by atoms with van der Waals surface area (Å²) in [7, 11) is 1.69. The number of aryl methyl sites for hydroxylation is 1. The van der Waals surface area contributed by atoms with E-state index in [1.807, 2.05) is 26.0 Å². The molecule has 0 N–H and O–H groups in total. The summed E-state index contributed by atoms with van der Waals surface area (Å²) in [6.07, 6.45) is -3.14. The van der Waals surface area contributed by atoms with E-state index < -0.39 is 17.4 Å². The van der Waals surface area contributed by atoms with Crippen LogP contribution in [0.15, 0.2) is 47.5 Å². The predicted octanol–water partition coefficient (Wildman–Crippen LogP) is 4.41. The molecule has 4 aromatic rings. The van der Waals surface area contributed by atoms with Crippen molar-refractivity contribution in [3.05, 3.63) is 64.3 Å². The topological polar surface area (TPSA) is 52.7 Å². The third kappa shape index (κ3) is 2.67. The van der Waals surface area contributed by atoms with Gasteiger partial charge < -0.3 is 4.57 Å². The molecule has 28 heavy (non-hydrogen) atoms. The number of rotatable bonds is 2. The number of aromatic nitrogens is 4. The van der Waals surface area contributed by atoms with Crippen molar-refractivity contribution in [3.63, 3.8) is 0 Å². The standard InChI is InChI=1S/C20H17F3N4O/c1-11(2)12-6-4-5-7-14(12)27-18-13(8-9-15(25-18)20(21,22)23)17-16(19(27)28)24-10-26(17)3/h4-11H,1-3H3. The summed E-state index contributed by atoms with van der Waals surface area (Å²) in [5, 5.41) is 0.432. The van der Waals surface area contributed by atoms with Gasteiger partial charge in [-0.25, -0.2) is 9.97 Å². The van der Waals surface area contributed by atoms with Gasteiger partial charge in [0.05, 0.1) is 17.5 Å². The van der Waals surface area contributed by atoms with E-state index in [2.05, 4.69) is 9.97 Å². The molecule has 0 aliphatic heterocycles. The summed E-state index contributed by atoms with van der Waals surface area (Å²) in [5.74, 6) is 0.0587. The maximum absolute atomic E-state index is 13.3. The number of pyridine rings is 2. The normalized spacial score (nSPS) is 12.4. The Hall–Kier alpha value is -3.16. The summed E-state index contributed by atoms with van der Waals surface area (Å²) in [6.45, 7) is 3.92. The van der Waals surface area contributed by atoms with Crippen LogP contribution in [0.3, 0.4) is 0 Å². The number of benzene rings is 1. The van der Waals surface area contributed by atoms with Crippen LogP contribution in [0.5, 0.6) is 0 Å². The van der Waals surface area contributed by atoms with Crippen molar-refractivity contribution in [3.8, 4) is 5.69 Å². The predicted molar refractivity (Wildman–Crippen MR) is 101 cm³/mol. The number of halogens is 3. The largest absolute Gasteiger partial charge is 0.433 e. The van der Waals surface area contributed by atoms with Gasteiger partial charge in [0.25, 0.3) is 5.56 Å². The Morgan fingerprint density at radius 2 is 1.79 bits per heavy atom. The summed E-state index contributed by atoms with van der Waals surface area (Å²) in [6, 6.07) is 9.43. The molecule has 0 radical (unpaired) electrons. The first-order valence-corrected chi connectivity index (χ1v) is 8.73. The molecule has 0 amide bonds. The van der Waals surface area contributed by atoms with Gasteiger partial charge in [0.2, 0.25) is 0 Å². The van der Waals surface area contributed by atoms with E-state index in [9.17, 15) is 18.0 Å². The monoisotopic (exact) mass is 386 g/mol. The van der Waals surface area contributed by atoms with Gasteiger partial charge in [-0.05, 0) is 29.7 Å². The van der Waals surface area contributed by atoms with E-state index >= 15 is 0 Å². The van der Waals surface area contributed by atoms with Crippen LogP contribution in [-0.2, 0) is 13.2 Å². The van der Waals surface area contributed by atoms with Gasteiger partial charge in [0.1, 0.15) is 11.3 Å². The number of imidazole rings is 1. The molecular formula is C20H17F3N4O.